The molecule has 2 N–H and O–H groups in total. The van der Waals surface area contributed by atoms with Gasteiger partial charge in [0.15, 0.2) is 5.82 Å². The molecule has 0 bridgehead atoms. The van der Waals surface area contributed by atoms with E-state index in [1.165, 1.54) is 19.1 Å². The number of aromatic nitrogens is 3. The Morgan fingerprint density at radius 3 is 2.59 bits per heavy atom. The Kier molecular flexibility index (Phi) is 5.58. The van der Waals surface area contributed by atoms with Crippen molar-refractivity contribution in [1.82, 2.24) is 14.3 Å². The molecule has 1 saturated carbocycles. The molecule has 1 fully saturated rings. The number of fused-ring (bicyclic) bond motifs is 1. The summed E-state index contributed by atoms with van der Waals surface area (Å²) in [5, 5.41) is 17.3. The van der Waals surface area contributed by atoms with Gasteiger partial charge in [-0.25, -0.2) is 4.68 Å². The number of hydrogen-bond acceptors (Lipinski definition) is 5. The molecule has 1 atom stereocenters. The lowest BCUT2D eigenvalue weighted by atomic mass is 9.97. The molecule has 1 aliphatic carbocycles. The Morgan fingerprint density at radius 2 is 1.97 bits per heavy atom. The van der Waals surface area contributed by atoms with Gasteiger partial charge in [-0.05, 0) is 43.9 Å². The van der Waals surface area contributed by atoms with Crippen LogP contribution in [0.15, 0.2) is 40.1 Å². The van der Waals surface area contributed by atoms with Crippen molar-refractivity contribution >= 4 is 16.6 Å². The van der Waals surface area contributed by atoms with Crippen LogP contribution >= 0.6 is 0 Å². The van der Waals surface area contributed by atoms with Gasteiger partial charge in [0.1, 0.15) is 0 Å². The van der Waals surface area contributed by atoms with Crippen LogP contribution < -0.4 is 16.4 Å². The second-order valence-electron chi connectivity index (χ2n) is 8.06. The first-order chi connectivity index (χ1) is 15.1. The molecule has 7 nitrogen and oxygen atoms in total. The SMILES string of the molecule is Cc1c([C@@H](C)Nc2nn(CCO)c(=O)c3cc(=O)n(C4CC4)cc23)cccc1C(F)(F)F. The number of nitrogens with zero attached hydrogens (tertiary/aromatic N) is 3. The number of nitrogens with one attached hydrogen (secondary N) is 1. The van der Waals surface area contributed by atoms with Crippen molar-refractivity contribution in [1.29, 1.82) is 0 Å². The monoisotopic (exact) mass is 448 g/mol. The number of pyridine rings is 1. The van der Waals surface area contributed by atoms with E-state index in [1.807, 2.05) is 0 Å². The average molecular weight is 448 g/mol. The maximum Gasteiger partial charge on any atom is 0.416 e. The molecule has 0 radical (unpaired) electrons. The number of alkyl halides is 3. The third-order valence-corrected chi connectivity index (χ3v) is 5.77. The number of halogens is 3. The summed E-state index contributed by atoms with van der Waals surface area (Å²) >= 11 is 0. The molecule has 32 heavy (non-hydrogen) atoms. The van der Waals surface area contributed by atoms with Crippen LogP contribution in [0.1, 0.15) is 48.5 Å². The van der Waals surface area contributed by atoms with E-state index in [9.17, 15) is 27.9 Å². The molecule has 3 aromatic rings. The van der Waals surface area contributed by atoms with Crippen molar-refractivity contribution in [2.45, 2.75) is 51.5 Å². The second kappa shape index (κ2) is 8.09. The Balaban J connectivity index is 1.83. The van der Waals surface area contributed by atoms with Gasteiger partial charge >= 0.3 is 6.18 Å². The number of hydrogen-bond donors (Lipinski definition) is 2. The first-order valence-electron chi connectivity index (χ1n) is 10.3. The molecule has 0 aliphatic heterocycles. The molecule has 4 rings (SSSR count). The fourth-order valence-corrected chi connectivity index (χ4v) is 3.98. The average Bonchev–Trinajstić information content (AvgIpc) is 3.55. The summed E-state index contributed by atoms with van der Waals surface area (Å²) in [6.07, 6.45) is -1.16. The topological polar surface area (TPSA) is 89.2 Å². The predicted octanol–water partition coefficient (Wildman–Crippen LogP) is 3.39. The van der Waals surface area contributed by atoms with Gasteiger partial charge in [0.2, 0.25) is 0 Å². The van der Waals surface area contributed by atoms with Gasteiger partial charge < -0.3 is 15.0 Å². The zero-order chi connectivity index (χ0) is 23.2. The van der Waals surface area contributed by atoms with E-state index in [1.54, 1.807) is 23.8 Å². The Hall–Kier alpha value is -3.14. The minimum Gasteiger partial charge on any atom is -0.394 e. The lowest BCUT2D eigenvalue weighted by Gasteiger charge is -2.21. The van der Waals surface area contributed by atoms with Gasteiger partial charge in [-0.2, -0.15) is 18.3 Å². The van der Waals surface area contributed by atoms with Crippen molar-refractivity contribution in [2.24, 2.45) is 0 Å². The lowest BCUT2D eigenvalue weighted by Crippen LogP contribution is -2.29. The van der Waals surface area contributed by atoms with Gasteiger partial charge in [0.25, 0.3) is 11.1 Å². The van der Waals surface area contributed by atoms with Crippen molar-refractivity contribution < 1.29 is 18.3 Å². The molecule has 0 unspecified atom stereocenters. The van der Waals surface area contributed by atoms with Gasteiger partial charge in [0.05, 0.1) is 30.1 Å². The summed E-state index contributed by atoms with van der Waals surface area (Å²) in [5.74, 6) is 0.256. The Morgan fingerprint density at radius 1 is 1.25 bits per heavy atom. The quantitative estimate of drug-likeness (QED) is 0.604. The van der Waals surface area contributed by atoms with Gasteiger partial charge in [0, 0.05) is 23.7 Å². The van der Waals surface area contributed by atoms with Crippen LogP contribution in [0.3, 0.4) is 0 Å². The van der Waals surface area contributed by atoms with Crippen molar-refractivity contribution in [3.63, 3.8) is 0 Å². The molecule has 1 aromatic carbocycles. The van der Waals surface area contributed by atoms with E-state index in [-0.39, 0.29) is 41.5 Å². The zero-order valence-electron chi connectivity index (χ0n) is 17.6. The first-order valence-corrected chi connectivity index (χ1v) is 10.3. The summed E-state index contributed by atoms with van der Waals surface area (Å²) in [6, 6.07) is 4.75. The minimum atomic E-state index is -4.47. The normalized spacial score (nSPS) is 15.2. The van der Waals surface area contributed by atoms with E-state index < -0.39 is 23.3 Å². The maximum absolute atomic E-state index is 13.3. The predicted molar refractivity (Wildman–Crippen MR) is 114 cm³/mol. The van der Waals surface area contributed by atoms with E-state index in [4.69, 9.17) is 0 Å². The highest BCUT2D eigenvalue weighted by atomic mass is 19.4. The maximum atomic E-state index is 13.3. The molecule has 170 valence electrons. The lowest BCUT2D eigenvalue weighted by molar-refractivity contribution is -0.138. The smallest absolute Gasteiger partial charge is 0.394 e. The van der Waals surface area contributed by atoms with E-state index in [0.717, 1.165) is 23.6 Å². The molecule has 0 amide bonds. The Labute approximate surface area is 181 Å². The highest BCUT2D eigenvalue weighted by Crippen LogP contribution is 2.36. The first kappa shape index (κ1) is 22.1. The molecule has 1 aliphatic rings. The van der Waals surface area contributed by atoms with Gasteiger partial charge in [-0.1, -0.05) is 12.1 Å². The van der Waals surface area contributed by atoms with Crippen LogP contribution in [0, 0.1) is 6.92 Å². The van der Waals surface area contributed by atoms with Gasteiger partial charge in [-0.3, -0.25) is 9.59 Å². The molecule has 0 spiro atoms. The van der Waals surface area contributed by atoms with Crippen molar-refractivity contribution in [2.75, 3.05) is 11.9 Å². The highest BCUT2D eigenvalue weighted by Gasteiger charge is 2.33. The fourth-order valence-electron chi connectivity index (χ4n) is 3.98. The third kappa shape index (κ3) is 4.02. The minimum absolute atomic E-state index is 0.0720. The zero-order valence-corrected chi connectivity index (χ0v) is 17.6. The van der Waals surface area contributed by atoms with Crippen LogP contribution in [0.4, 0.5) is 19.0 Å². The number of aliphatic hydroxyl groups excluding tert-OH is 1. The number of anilines is 1. The second-order valence-corrected chi connectivity index (χ2v) is 8.06. The number of rotatable bonds is 6. The van der Waals surface area contributed by atoms with Crippen LogP contribution in [0.5, 0.6) is 0 Å². The van der Waals surface area contributed by atoms with Crippen molar-refractivity contribution in [3.05, 3.63) is 67.9 Å². The number of benzene rings is 1. The number of aliphatic hydroxyl groups is 1. The van der Waals surface area contributed by atoms with E-state index in [0.29, 0.717) is 10.9 Å². The van der Waals surface area contributed by atoms with Crippen LogP contribution in [0.2, 0.25) is 0 Å². The van der Waals surface area contributed by atoms with Crippen LogP contribution in [-0.4, -0.2) is 26.1 Å². The summed E-state index contributed by atoms with van der Waals surface area (Å²) < 4.78 is 42.7. The largest absolute Gasteiger partial charge is 0.416 e. The third-order valence-electron chi connectivity index (χ3n) is 5.77. The standard InChI is InChI=1S/C22H23F3N4O3/c1-12-15(4-3-5-18(12)22(23,24)25)13(2)26-20-17-11-28(14-6-7-14)19(31)10-16(17)21(32)29(27-20)8-9-30/h3-5,10-11,13-14,30H,6-9H2,1-2H3,(H,26,27)/t13-/m1/s1. The van der Waals surface area contributed by atoms with E-state index >= 15 is 0 Å². The van der Waals surface area contributed by atoms with Crippen molar-refractivity contribution in [3.8, 4) is 0 Å². The van der Waals surface area contributed by atoms with Crippen LogP contribution in [0.25, 0.3) is 10.8 Å². The highest BCUT2D eigenvalue weighted by molar-refractivity contribution is 5.90. The fraction of sp³-hybridized carbons (Fsp3) is 0.409. The molecular formula is C22H23F3N4O3. The van der Waals surface area contributed by atoms with Gasteiger partial charge in [-0.15, -0.1) is 0 Å². The van der Waals surface area contributed by atoms with E-state index in [2.05, 4.69) is 10.4 Å². The summed E-state index contributed by atoms with van der Waals surface area (Å²) in [4.78, 5) is 25.3. The molecule has 0 saturated heterocycles. The summed E-state index contributed by atoms with van der Waals surface area (Å²) in [6.45, 7) is 2.71. The van der Waals surface area contributed by atoms with Crippen LogP contribution in [-0.2, 0) is 12.7 Å². The molecule has 2 aromatic heterocycles. The Bertz CT molecular complexity index is 1290. The summed E-state index contributed by atoms with van der Waals surface area (Å²) in [7, 11) is 0. The summed E-state index contributed by atoms with van der Waals surface area (Å²) in [5.41, 5.74) is -0.989. The molecule has 2 heterocycles. The molecular weight excluding hydrogens is 425 g/mol. The molecule has 10 heteroatoms.